The summed E-state index contributed by atoms with van der Waals surface area (Å²) in [7, 11) is 0. The molecule has 17 heavy (non-hydrogen) atoms. The second kappa shape index (κ2) is 24.6. The predicted molar refractivity (Wildman–Crippen MR) is 78.6 cm³/mol. The van der Waals surface area contributed by atoms with E-state index in [9.17, 15) is 0 Å². The van der Waals surface area contributed by atoms with E-state index in [0.717, 1.165) is 19.8 Å². The van der Waals surface area contributed by atoms with E-state index in [0.29, 0.717) is 6.10 Å². The third kappa shape index (κ3) is 39.2. The van der Waals surface area contributed by atoms with Gasteiger partial charge in [0, 0.05) is 13.2 Å². The molecule has 1 fully saturated rings. The minimum Gasteiger partial charge on any atom is -0.381 e. The molecule has 2 nitrogen and oxygen atoms in total. The molecule has 0 aromatic heterocycles. The molecule has 1 atom stereocenters. The van der Waals surface area contributed by atoms with Gasteiger partial charge in [0.25, 0.3) is 0 Å². The van der Waals surface area contributed by atoms with Crippen LogP contribution in [0.3, 0.4) is 0 Å². The summed E-state index contributed by atoms with van der Waals surface area (Å²) in [5.41, 5.74) is 0. The van der Waals surface area contributed by atoms with E-state index < -0.39 is 0 Å². The highest BCUT2D eigenvalue weighted by Gasteiger charge is 2.13. The van der Waals surface area contributed by atoms with Gasteiger partial charge in [0.1, 0.15) is 0 Å². The standard InChI is InChI=1S/C8H18O.C3H6O.2C2H4/c1-3-5-7-9-8-6-4-2;1-3-2-4-3;2*1-2/h3-8H2,1-2H3;3H,2H2,1H3;2*1-2H2. The van der Waals surface area contributed by atoms with Gasteiger partial charge in [0.2, 0.25) is 0 Å². The molecule has 0 amide bonds. The van der Waals surface area contributed by atoms with Crippen molar-refractivity contribution in [2.45, 2.75) is 52.6 Å². The third-order valence-electron chi connectivity index (χ3n) is 1.78. The summed E-state index contributed by atoms with van der Waals surface area (Å²) in [5.74, 6) is 0. The second-order valence-electron chi connectivity index (χ2n) is 3.46. The van der Waals surface area contributed by atoms with Gasteiger partial charge >= 0.3 is 0 Å². The lowest BCUT2D eigenvalue weighted by Gasteiger charge is -1.99. The lowest BCUT2D eigenvalue weighted by atomic mass is 10.3. The zero-order chi connectivity index (χ0) is 13.9. The summed E-state index contributed by atoms with van der Waals surface area (Å²) >= 11 is 0. The maximum absolute atomic E-state index is 5.31. The Kier molecular flexibility index (Phi) is 31.3. The average molecular weight is 244 g/mol. The molecule has 0 aliphatic carbocycles. The molecular weight excluding hydrogens is 212 g/mol. The Hall–Kier alpha value is -0.600. The van der Waals surface area contributed by atoms with Gasteiger partial charge in [-0.1, -0.05) is 26.7 Å². The predicted octanol–water partition coefficient (Wildman–Crippen LogP) is 4.61. The van der Waals surface area contributed by atoms with Crippen LogP contribution in [0.15, 0.2) is 26.3 Å². The van der Waals surface area contributed by atoms with Crippen LogP contribution >= 0.6 is 0 Å². The van der Waals surface area contributed by atoms with Gasteiger partial charge in [-0.3, -0.25) is 0 Å². The Morgan fingerprint density at radius 3 is 1.47 bits per heavy atom. The van der Waals surface area contributed by atoms with E-state index >= 15 is 0 Å². The van der Waals surface area contributed by atoms with Crippen molar-refractivity contribution in [2.24, 2.45) is 0 Å². The molecule has 1 heterocycles. The summed E-state index contributed by atoms with van der Waals surface area (Å²) in [6.07, 6.45) is 5.49. The fourth-order valence-corrected chi connectivity index (χ4v) is 0.691. The van der Waals surface area contributed by atoms with Crippen molar-refractivity contribution >= 4 is 0 Å². The first-order valence-corrected chi connectivity index (χ1v) is 6.50. The first-order valence-electron chi connectivity index (χ1n) is 6.50. The number of hydrogen-bond donors (Lipinski definition) is 0. The zero-order valence-corrected chi connectivity index (χ0v) is 12.2. The Morgan fingerprint density at radius 2 is 1.29 bits per heavy atom. The van der Waals surface area contributed by atoms with Crippen LogP contribution < -0.4 is 0 Å². The SMILES string of the molecule is C=C.C=C.CC1CO1.CCCCOCCCC. The first-order chi connectivity index (χ1) is 8.31. The highest BCUT2D eigenvalue weighted by atomic mass is 16.6. The third-order valence-corrected chi connectivity index (χ3v) is 1.78. The van der Waals surface area contributed by atoms with Crippen LogP contribution in [0, 0.1) is 0 Å². The van der Waals surface area contributed by atoms with E-state index in [2.05, 4.69) is 47.1 Å². The molecule has 1 rings (SSSR count). The monoisotopic (exact) mass is 244 g/mol. The highest BCUT2D eigenvalue weighted by molar-refractivity contribution is 4.58. The van der Waals surface area contributed by atoms with Crippen LogP contribution in [0.4, 0.5) is 0 Å². The summed E-state index contributed by atoms with van der Waals surface area (Å²) in [5, 5.41) is 0. The van der Waals surface area contributed by atoms with Crippen molar-refractivity contribution in [1.82, 2.24) is 0 Å². The van der Waals surface area contributed by atoms with Crippen LogP contribution in [0.2, 0.25) is 0 Å². The van der Waals surface area contributed by atoms with Crippen molar-refractivity contribution in [1.29, 1.82) is 0 Å². The van der Waals surface area contributed by atoms with E-state index in [1.54, 1.807) is 0 Å². The van der Waals surface area contributed by atoms with Crippen LogP contribution in [0.5, 0.6) is 0 Å². The molecule has 0 aromatic rings. The maximum atomic E-state index is 5.31. The molecular formula is C15H32O2. The van der Waals surface area contributed by atoms with Crippen LogP contribution in [0.25, 0.3) is 0 Å². The summed E-state index contributed by atoms with van der Waals surface area (Å²) in [6.45, 7) is 21.3. The molecule has 2 heteroatoms. The van der Waals surface area contributed by atoms with Crippen LogP contribution in [-0.2, 0) is 9.47 Å². The number of unbranched alkanes of at least 4 members (excludes halogenated alkanes) is 2. The van der Waals surface area contributed by atoms with Crippen molar-refractivity contribution in [2.75, 3.05) is 19.8 Å². The fourth-order valence-electron chi connectivity index (χ4n) is 0.691. The van der Waals surface area contributed by atoms with Gasteiger partial charge in [-0.2, -0.15) is 0 Å². The number of hydrogen-bond acceptors (Lipinski definition) is 2. The normalized spacial score (nSPS) is 15.1. The van der Waals surface area contributed by atoms with Crippen molar-refractivity contribution in [3.63, 3.8) is 0 Å². The smallest absolute Gasteiger partial charge is 0.0781 e. The molecule has 1 aliphatic rings. The van der Waals surface area contributed by atoms with Crippen LogP contribution in [-0.4, -0.2) is 25.9 Å². The fraction of sp³-hybridized carbons (Fsp3) is 0.733. The maximum Gasteiger partial charge on any atom is 0.0781 e. The Labute approximate surface area is 109 Å². The first kappa shape index (κ1) is 21.7. The molecule has 0 radical (unpaired) electrons. The summed E-state index contributed by atoms with van der Waals surface area (Å²) in [6, 6.07) is 0. The van der Waals surface area contributed by atoms with Gasteiger partial charge < -0.3 is 9.47 Å². The van der Waals surface area contributed by atoms with Gasteiger partial charge in [-0.15, -0.1) is 26.3 Å². The molecule has 0 bridgehead atoms. The lowest BCUT2D eigenvalue weighted by Crippen LogP contribution is -1.95. The van der Waals surface area contributed by atoms with Gasteiger partial charge in [0.15, 0.2) is 0 Å². The average Bonchev–Trinajstić information content (AvgIpc) is 3.17. The van der Waals surface area contributed by atoms with Gasteiger partial charge in [-0.25, -0.2) is 0 Å². The van der Waals surface area contributed by atoms with E-state index in [1.807, 2.05) is 0 Å². The summed E-state index contributed by atoms with van der Waals surface area (Å²) in [4.78, 5) is 0. The largest absolute Gasteiger partial charge is 0.381 e. The second-order valence-corrected chi connectivity index (χ2v) is 3.46. The molecule has 1 saturated heterocycles. The minimum absolute atomic E-state index is 0.583. The van der Waals surface area contributed by atoms with Crippen molar-refractivity contribution in [3.05, 3.63) is 26.3 Å². The van der Waals surface area contributed by atoms with E-state index in [-0.39, 0.29) is 0 Å². The van der Waals surface area contributed by atoms with Gasteiger partial charge in [-0.05, 0) is 19.8 Å². The lowest BCUT2D eigenvalue weighted by molar-refractivity contribution is 0.128. The van der Waals surface area contributed by atoms with E-state index in [1.165, 1.54) is 25.7 Å². The Balaban J connectivity index is -0.000000202. The molecule has 0 saturated carbocycles. The molecule has 0 spiro atoms. The van der Waals surface area contributed by atoms with Crippen LogP contribution in [0.1, 0.15) is 46.5 Å². The molecule has 104 valence electrons. The topological polar surface area (TPSA) is 21.8 Å². The number of epoxide rings is 1. The number of rotatable bonds is 6. The highest BCUT2D eigenvalue weighted by Crippen LogP contribution is 2.04. The minimum atomic E-state index is 0.583. The molecule has 1 unspecified atom stereocenters. The van der Waals surface area contributed by atoms with Gasteiger partial charge in [0.05, 0.1) is 12.7 Å². The zero-order valence-electron chi connectivity index (χ0n) is 12.2. The molecule has 1 aliphatic heterocycles. The quantitative estimate of drug-likeness (QED) is 0.386. The molecule has 0 aromatic carbocycles. The molecule has 0 N–H and O–H groups in total. The summed E-state index contributed by atoms with van der Waals surface area (Å²) < 4.78 is 10.0. The Bertz CT molecular complexity index is 103. The number of ether oxygens (including phenoxy) is 2. The Morgan fingerprint density at radius 1 is 1.00 bits per heavy atom. The van der Waals surface area contributed by atoms with Crippen molar-refractivity contribution in [3.8, 4) is 0 Å². The van der Waals surface area contributed by atoms with Crippen molar-refractivity contribution < 1.29 is 9.47 Å². The van der Waals surface area contributed by atoms with E-state index in [4.69, 9.17) is 9.47 Å².